The van der Waals surface area contributed by atoms with Crippen molar-refractivity contribution < 1.29 is 13.9 Å². The third-order valence-corrected chi connectivity index (χ3v) is 5.07. The first-order chi connectivity index (χ1) is 13.6. The molecule has 1 aliphatic carbocycles. The zero-order valence-electron chi connectivity index (χ0n) is 16.8. The van der Waals surface area contributed by atoms with E-state index in [9.17, 15) is 4.79 Å². The number of ether oxygens (including phenoxy) is 1. The van der Waals surface area contributed by atoms with Gasteiger partial charge in [0.2, 0.25) is 5.91 Å². The van der Waals surface area contributed by atoms with Crippen molar-refractivity contribution in [2.24, 2.45) is 5.92 Å². The Morgan fingerprint density at radius 1 is 1.25 bits per heavy atom. The van der Waals surface area contributed by atoms with Crippen molar-refractivity contribution in [3.05, 3.63) is 47.5 Å². The number of nitrogens with zero attached hydrogens (tertiary/aromatic N) is 3. The molecule has 1 saturated heterocycles. The van der Waals surface area contributed by atoms with Crippen LogP contribution < -0.4 is 4.74 Å². The molecule has 1 saturated carbocycles. The molecular formula is C22H28FN3O2. The number of likely N-dealkylation sites (tertiary alicyclic amines) is 1. The molecule has 1 aliphatic heterocycles. The zero-order valence-corrected chi connectivity index (χ0v) is 16.8. The van der Waals surface area contributed by atoms with Gasteiger partial charge in [-0.15, -0.1) is 0 Å². The molecular weight excluding hydrogens is 357 g/mol. The Morgan fingerprint density at radius 2 is 2.04 bits per heavy atom. The van der Waals surface area contributed by atoms with E-state index in [4.69, 9.17) is 4.74 Å². The Kier molecular flexibility index (Phi) is 6.60. The molecule has 0 N–H and O–H groups in total. The van der Waals surface area contributed by atoms with E-state index in [-0.39, 0.29) is 29.3 Å². The summed E-state index contributed by atoms with van der Waals surface area (Å²) in [4.78, 5) is 14.3. The third kappa shape index (κ3) is 4.66. The van der Waals surface area contributed by atoms with E-state index in [0.717, 1.165) is 32.2 Å². The number of carbonyl (C=O) groups is 1. The average molecular weight is 385 g/mol. The molecule has 0 spiro atoms. The van der Waals surface area contributed by atoms with Gasteiger partial charge in [0.1, 0.15) is 5.75 Å². The highest BCUT2D eigenvalue weighted by atomic mass is 19.1. The molecule has 2 aliphatic rings. The summed E-state index contributed by atoms with van der Waals surface area (Å²) in [6.07, 6.45) is 5.25. The Balaban J connectivity index is 0.00000109. The van der Waals surface area contributed by atoms with Crippen LogP contribution in [0.15, 0.2) is 30.5 Å². The second-order valence-electron chi connectivity index (χ2n) is 7.19. The number of hydrogen-bond acceptors (Lipinski definition) is 4. The Labute approximate surface area is 165 Å². The summed E-state index contributed by atoms with van der Waals surface area (Å²) in [7, 11) is 0. The number of piperidine rings is 1. The van der Waals surface area contributed by atoms with Crippen LogP contribution >= 0.6 is 0 Å². The molecule has 150 valence electrons. The molecule has 1 unspecified atom stereocenters. The van der Waals surface area contributed by atoms with E-state index < -0.39 is 0 Å². The maximum Gasteiger partial charge on any atom is 0.225 e. The normalized spacial score (nSPS) is 18.9. The highest BCUT2D eigenvalue weighted by Crippen LogP contribution is 2.37. The number of benzene rings is 1. The summed E-state index contributed by atoms with van der Waals surface area (Å²) in [6.45, 7) is 7.18. The van der Waals surface area contributed by atoms with Crippen LogP contribution in [0.1, 0.15) is 56.7 Å². The van der Waals surface area contributed by atoms with Crippen molar-refractivity contribution >= 4 is 5.91 Å². The van der Waals surface area contributed by atoms with Gasteiger partial charge >= 0.3 is 0 Å². The van der Waals surface area contributed by atoms with Gasteiger partial charge in [-0.05, 0) is 44.2 Å². The van der Waals surface area contributed by atoms with Gasteiger partial charge in [0.15, 0.2) is 11.6 Å². The first kappa shape index (κ1) is 20.2. The fraction of sp³-hybridized carbons (Fsp3) is 0.500. The van der Waals surface area contributed by atoms with Gasteiger partial charge in [0.25, 0.3) is 0 Å². The number of carbonyl (C=O) groups excluding carboxylic acids is 1. The van der Waals surface area contributed by atoms with Crippen molar-refractivity contribution in [3.63, 3.8) is 0 Å². The molecule has 0 radical (unpaired) electrons. The minimum absolute atomic E-state index is 0.00676. The van der Waals surface area contributed by atoms with Gasteiger partial charge in [-0.25, -0.2) is 4.39 Å². The Morgan fingerprint density at radius 3 is 2.75 bits per heavy atom. The van der Waals surface area contributed by atoms with Crippen LogP contribution in [0, 0.1) is 18.7 Å². The molecule has 5 nitrogen and oxygen atoms in total. The molecule has 4 rings (SSSR count). The van der Waals surface area contributed by atoms with Crippen molar-refractivity contribution in [3.8, 4) is 11.5 Å². The summed E-state index contributed by atoms with van der Waals surface area (Å²) >= 11 is 0. The number of hydrogen-bond donors (Lipinski definition) is 0. The van der Waals surface area contributed by atoms with Gasteiger partial charge in [-0.2, -0.15) is 10.2 Å². The van der Waals surface area contributed by atoms with Gasteiger partial charge in [-0.1, -0.05) is 26.0 Å². The third-order valence-electron chi connectivity index (χ3n) is 5.07. The quantitative estimate of drug-likeness (QED) is 0.754. The number of aromatic nitrogens is 2. The Hall–Kier alpha value is -2.50. The van der Waals surface area contributed by atoms with Crippen molar-refractivity contribution in [1.29, 1.82) is 0 Å². The SMILES string of the molecule is CC.Cc1cc(Oc2cccc(C3CCCN(C(=O)C4CC4)C3)c2F)cnn1. The van der Waals surface area contributed by atoms with Gasteiger partial charge in [0.05, 0.1) is 11.9 Å². The summed E-state index contributed by atoms with van der Waals surface area (Å²) in [5.41, 5.74) is 1.33. The molecule has 1 atom stereocenters. The van der Waals surface area contributed by atoms with Crippen LogP contribution in [-0.4, -0.2) is 34.1 Å². The van der Waals surface area contributed by atoms with Crippen LogP contribution in [0.4, 0.5) is 4.39 Å². The minimum Gasteiger partial charge on any atom is -0.453 e. The zero-order chi connectivity index (χ0) is 20.1. The van der Waals surface area contributed by atoms with Crippen molar-refractivity contribution in [2.75, 3.05) is 13.1 Å². The number of rotatable bonds is 4. The molecule has 1 aromatic carbocycles. The lowest BCUT2D eigenvalue weighted by molar-refractivity contribution is -0.133. The number of amides is 1. The topological polar surface area (TPSA) is 55.3 Å². The lowest BCUT2D eigenvalue weighted by atomic mass is 9.90. The van der Waals surface area contributed by atoms with E-state index in [1.54, 1.807) is 31.2 Å². The minimum atomic E-state index is -0.354. The fourth-order valence-corrected chi connectivity index (χ4v) is 3.57. The largest absolute Gasteiger partial charge is 0.453 e. The smallest absolute Gasteiger partial charge is 0.225 e. The van der Waals surface area contributed by atoms with Crippen LogP contribution in [0.3, 0.4) is 0 Å². The van der Waals surface area contributed by atoms with E-state index >= 15 is 4.39 Å². The van der Waals surface area contributed by atoms with Crippen LogP contribution in [-0.2, 0) is 4.79 Å². The maximum absolute atomic E-state index is 15.1. The fourth-order valence-electron chi connectivity index (χ4n) is 3.57. The second kappa shape index (κ2) is 9.13. The lowest BCUT2D eigenvalue weighted by Gasteiger charge is -2.33. The van der Waals surface area contributed by atoms with E-state index in [0.29, 0.717) is 23.6 Å². The maximum atomic E-state index is 15.1. The molecule has 6 heteroatoms. The predicted octanol–water partition coefficient (Wildman–Crippen LogP) is 4.86. The molecule has 28 heavy (non-hydrogen) atoms. The first-order valence-corrected chi connectivity index (χ1v) is 10.2. The molecule has 1 amide bonds. The molecule has 0 bridgehead atoms. The number of halogens is 1. The van der Waals surface area contributed by atoms with Gasteiger partial charge in [0, 0.05) is 31.0 Å². The van der Waals surface area contributed by atoms with Gasteiger partial charge in [-0.3, -0.25) is 4.79 Å². The van der Waals surface area contributed by atoms with Crippen molar-refractivity contribution in [2.45, 2.75) is 52.4 Å². The van der Waals surface area contributed by atoms with Crippen LogP contribution in [0.5, 0.6) is 11.5 Å². The molecule has 1 aromatic heterocycles. The summed E-state index contributed by atoms with van der Waals surface area (Å²) in [5, 5.41) is 7.71. The van der Waals surface area contributed by atoms with E-state index in [2.05, 4.69) is 10.2 Å². The predicted molar refractivity (Wildman–Crippen MR) is 106 cm³/mol. The second-order valence-corrected chi connectivity index (χ2v) is 7.19. The monoisotopic (exact) mass is 385 g/mol. The summed E-state index contributed by atoms with van der Waals surface area (Å²) < 4.78 is 20.8. The van der Waals surface area contributed by atoms with Crippen molar-refractivity contribution in [1.82, 2.24) is 15.1 Å². The van der Waals surface area contributed by atoms with E-state index in [1.165, 1.54) is 6.20 Å². The molecule has 2 aromatic rings. The highest BCUT2D eigenvalue weighted by molar-refractivity contribution is 5.81. The van der Waals surface area contributed by atoms with Crippen LogP contribution in [0.2, 0.25) is 0 Å². The summed E-state index contributed by atoms with van der Waals surface area (Å²) in [5.74, 6) is 0.736. The standard InChI is InChI=1S/C20H22FN3O2.C2H6/c1-13-10-16(11-22-23-13)26-18-6-2-5-17(19(18)21)15-4-3-9-24(12-15)20(25)14-7-8-14;1-2/h2,5-6,10-11,14-15H,3-4,7-9,12H2,1H3;1-2H3. The summed E-state index contributed by atoms with van der Waals surface area (Å²) in [6, 6.07) is 6.94. The first-order valence-electron chi connectivity index (χ1n) is 10.2. The van der Waals surface area contributed by atoms with Crippen LogP contribution in [0.25, 0.3) is 0 Å². The Bertz CT molecular complexity index is 823. The lowest BCUT2D eigenvalue weighted by Crippen LogP contribution is -2.40. The number of aryl methyl sites for hydroxylation is 1. The van der Waals surface area contributed by atoms with Gasteiger partial charge < -0.3 is 9.64 Å². The highest BCUT2D eigenvalue weighted by Gasteiger charge is 2.36. The average Bonchev–Trinajstić information content (AvgIpc) is 3.56. The molecule has 2 fully saturated rings. The van der Waals surface area contributed by atoms with E-state index in [1.807, 2.05) is 18.7 Å². The molecule has 2 heterocycles.